The molecule has 2 aromatic carbocycles. The van der Waals surface area contributed by atoms with Crippen LogP contribution in [0.5, 0.6) is 0 Å². The number of hydrogen-bond donors (Lipinski definition) is 0. The number of aryl methyl sites for hydroxylation is 1. The molecule has 1 amide bonds. The zero-order chi connectivity index (χ0) is 25.2. The third-order valence-corrected chi connectivity index (χ3v) is 7.07. The Bertz CT molecular complexity index is 1470. The Morgan fingerprint density at radius 1 is 1.11 bits per heavy atom. The summed E-state index contributed by atoms with van der Waals surface area (Å²) in [6.07, 6.45) is 5.00. The molecule has 2 atom stereocenters. The van der Waals surface area contributed by atoms with Gasteiger partial charge < -0.3 is 0 Å². The third kappa shape index (κ3) is 4.27. The first-order valence-corrected chi connectivity index (χ1v) is 12.2. The number of carbonyl (C=O) groups is 1. The normalized spacial score (nSPS) is 20.1. The van der Waals surface area contributed by atoms with Crippen LogP contribution >= 0.6 is 0 Å². The standard InChI is InChI=1S/C29H27N5O2/c1-19-20(2)31-33(29(36)25(19)17-30)18-26(35)34-28(22-12-7-4-8-13-22)24-15-9-14-23(27(24)32-34)16-21-10-5-3-6-11-21/h3-8,10-13,16,24,28H,9,14-15,18H2,1-2H3/b23-16+. The van der Waals surface area contributed by atoms with Crippen LogP contribution in [0.15, 0.2) is 76.1 Å². The molecule has 0 bridgehead atoms. The molecule has 7 nitrogen and oxygen atoms in total. The van der Waals surface area contributed by atoms with Crippen LogP contribution in [-0.4, -0.2) is 26.4 Å². The van der Waals surface area contributed by atoms with Crippen molar-refractivity contribution in [3.63, 3.8) is 0 Å². The number of aromatic nitrogens is 2. The molecule has 180 valence electrons. The minimum absolute atomic E-state index is 0.0180. The van der Waals surface area contributed by atoms with Crippen LogP contribution < -0.4 is 5.56 Å². The molecule has 1 fully saturated rings. The zero-order valence-corrected chi connectivity index (χ0v) is 20.4. The predicted octanol–water partition coefficient (Wildman–Crippen LogP) is 4.56. The lowest BCUT2D eigenvalue weighted by molar-refractivity contribution is -0.134. The Balaban J connectivity index is 1.55. The number of hydrogen-bond acceptors (Lipinski definition) is 5. The van der Waals surface area contributed by atoms with E-state index in [2.05, 4.69) is 23.3 Å². The third-order valence-electron chi connectivity index (χ3n) is 7.07. The number of rotatable bonds is 4. The number of allylic oxidation sites excluding steroid dienone is 1. The Hall–Kier alpha value is -4.31. The average Bonchev–Trinajstić information content (AvgIpc) is 3.30. The van der Waals surface area contributed by atoms with Gasteiger partial charge in [0.2, 0.25) is 0 Å². The molecule has 0 radical (unpaired) electrons. The van der Waals surface area contributed by atoms with Crippen LogP contribution in [0.3, 0.4) is 0 Å². The number of fused-ring (bicyclic) bond motifs is 1. The van der Waals surface area contributed by atoms with E-state index in [1.807, 2.05) is 54.6 Å². The highest BCUT2D eigenvalue weighted by atomic mass is 16.2. The van der Waals surface area contributed by atoms with Gasteiger partial charge in [0.25, 0.3) is 11.5 Å². The van der Waals surface area contributed by atoms with Gasteiger partial charge in [0.1, 0.15) is 18.2 Å². The molecular formula is C29H27N5O2. The van der Waals surface area contributed by atoms with E-state index in [1.165, 1.54) is 5.01 Å². The van der Waals surface area contributed by atoms with E-state index in [1.54, 1.807) is 13.8 Å². The highest BCUT2D eigenvalue weighted by molar-refractivity contribution is 6.08. The fraction of sp³-hybridized carbons (Fsp3) is 0.276. The van der Waals surface area contributed by atoms with Crippen molar-refractivity contribution in [2.24, 2.45) is 11.0 Å². The van der Waals surface area contributed by atoms with Gasteiger partial charge in [-0.15, -0.1) is 0 Å². The number of nitriles is 1. The van der Waals surface area contributed by atoms with Crippen molar-refractivity contribution in [3.05, 3.63) is 105 Å². The molecule has 1 aliphatic heterocycles. The van der Waals surface area contributed by atoms with Crippen LogP contribution in [0.2, 0.25) is 0 Å². The maximum atomic E-state index is 13.7. The van der Waals surface area contributed by atoms with Gasteiger partial charge in [0.05, 0.1) is 17.4 Å². The van der Waals surface area contributed by atoms with E-state index < -0.39 is 5.56 Å². The molecule has 2 heterocycles. The summed E-state index contributed by atoms with van der Waals surface area (Å²) >= 11 is 0. The zero-order valence-electron chi connectivity index (χ0n) is 20.4. The Labute approximate surface area is 210 Å². The predicted molar refractivity (Wildman–Crippen MR) is 138 cm³/mol. The van der Waals surface area contributed by atoms with E-state index >= 15 is 0 Å². The number of amides is 1. The lowest BCUT2D eigenvalue weighted by atomic mass is 9.77. The van der Waals surface area contributed by atoms with E-state index in [0.29, 0.717) is 11.3 Å². The molecule has 0 saturated heterocycles. The molecular weight excluding hydrogens is 450 g/mol. The molecule has 1 aliphatic carbocycles. The lowest BCUT2D eigenvalue weighted by Gasteiger charge is -2.29. The van der Waals surface area contributed by atoms with Crippen molar-refractivity contribution in [1.82, 2.24) is 14.8 Å². The fourth-order valence-corrected chi connectivity index (χ4v) is 5.15. The van der Waals surface area contributed by atoms with Crippen LogP contribution in [-0.2, 0) is 11.3 Å². The molecule has 36 heavy (non-hydrogen) atoms. The summed E-state index contributed by atoms with van der Waals surface area (Å²) in [5, 5.41) is 20.2. The highest BCUT2D eigenvalue weighted by Gasteiger charge is 2.43. The molecule has 0 N–H and O–H groups in total. The van der Waals surface area contributed by atoms with Gasteiger partial charge in [-0.3, -0.25) is 9.59 Å². The summed E-state index contributed by atoms with van der Waals surface area (Å²) in [5.41, 5.74) is 4.74. The molecule has 1 saturated carbocycles. The summed E-state index contributed by atoms with van der Waals surface area (Å²) in [4.78, 5) is 26.5. The van der Waals surface area contributed by atoms with Crippen molar-refractivity contribution >= 4 is 17.7 Å². The number of nitrogens with zero attached hydrogens (tertiary/aromatic N) is 5. The lowest BCUT2D eigenvalue weighted by Crippen LogP contribution is -2.38. The van der Waals surface area contributed by atoms with Gasteiger partial charge in [-0.2, -0.15) is 15.5 Å². The van der Waals surface area contributed by atoms with Crippen LogP contribution in [0.4, 0.5) is 0 Å². The van der Waals surface area contributed by atoms with Gasteiger partial charge in [-0.1, -0.05) is 60.7 Å². The van der Waals surface area contributed by atoms with Crippen molar-refractivity contribution in [3.8, 4) is 6.07 Å². The summed E-state index contributed by atoms with van der Waals surface area (Å²) in [6.45, 7) is 3.14. The van der Waals surface area contributed by atoms with E-state index in [0.717, 1.165) is 46.4 Å². The van der Waals surface area contributed by atoms with Crippen molar-refractivity contribution in [2.75, 3.05) is 0 Å². The average molecular weight is 478 g/mol. The summed E-state index contributed by atoms with van der Waals surface area (Å²) in [5.74, 6) is -0.259. The SMILES string of the molecule is Cc1nn(CC(=O)N2N=C3/C(=C/c4ccccc4)CCCC3C2c2ccccc2)c(=O)c(C#N)c1C. The van der Waals surface area contributed by atoms with Crippen LogP contribution in [0.25, 0.3) is 6.08 Å². The molecule has 1 aromatic heterocycles. The van der Waals surface area contributed by atoms with E-state index in [-0.39, 0.29) is 30.0 Å². The summed E-state index contributed by atoms with van der Waals surface area (Å²) in [7, 11) is 0. The first-order valence-electron chi connectivity index (χ1n) is 12.2. The Kier molecular flexibility index (Phi) is 6.34. The smallest absolute Gasteiger partial charge is 0.271 e. The monoisotopic (exact) mass is 477 g/mol. The summed E-state index contributed by atoms with van der Waals surface area (Å²) in [6, 6.07) is 21.8. The molecule has 0 spiro atoms. The molecule has 2 unspecified atom stereocenters. The van der Waals surface area contributed by atoms with Gasteiger partial charge in [0, 0.05) is 5.92 Å². The molecule has 7 heteroatoms. The van der Waals surface area contributed by atoms with Gasteiger partial charge >= 0.3 is 0 Å². The highest BCUT2D eigenvalue weighted by Crippen LogP contribution is 2.44. The second kappa shape index (κ2) is 9.74. The second-order valence-corrected chi connectivity index (χ2v) is 9.32. The summed E-state index contributed by atoms with van der Waals surface area (Å²) < 4.78 is 1.09. The maximum Gasteiger partial charge on any atom is 0.285 e. The Morgan fingerprint density at radius 2 is 1.81 bits per heavy atom. The van der Waals surface area contributed by atoms with Crippen LogP contribution in [0.1, 0.15) is 53.3 Å². The van der Waals surface area contributed by atoms with Crippen LogP contribution in [0, 0.1) is 31.1 Å². The Morgan fingerprint density at radius 3 is 2.50 bits per heavy atom. The first kappa shape index (κ1) is 23.4. The number of benzene rings is 2. The number of hydrazone groups is 1. The van der Waals surface area contributed by atoms with Gasteiger partial charge in [-0.05, 0) is 61.4 Å². The van der Waals surface area contributed by atoms with E-state index in [9.17, 15) is 14.9 Å². The van der Waals surface area contributed by atoms with Crippen molar-refractivity contribution < 1.29 is 4.79 Å². The van der Waals surface area contributed by atoms with Crippen molar-refractivity contribution in [1.29, 1.82) is 5.26 Å². The maximum absolute atomic E-state index is 13.7. The first-order chi connectivity index (χ1) is 17.5. The second-order valence-electron chi connectivity index (χ2n) is 9.32. The molecule has 2 aliphatic rings. The molecule has 3 aromatic rings. The van der Waals surface area contributed by atoms with Gasteiger partial charge in [-0.25, -0.2) is 9.69 Å². The largest absolute Gasteiger partial charge is 0.285 e. The van der Waals surface area contributed by atoms with E-state index in [4.69, 9.17) is 5.10 Å². The minimum atomic E-state index is -0.556. The topological polar surface area (TPSA) is 91.3 Å². The number of carbonyl (C=O) groups excluding carboxylic acids is 1. The van der Waals surface area contributed by atoms with Crippen molar-refractivity contribution in [2.45, 2.75) is 45.7 Å². The van der Waals surface area contributed by atoms with Gasteiger partial charge in [0.15, 0.2) is 0 Å². The minimum Gasteiger partial charge on any atom is -0.271 e. The fourth-order valence-electron chi connectivity index (χ4n) is 5.15. The quantitative estimate of drug-likeness (QED) is 0.551. The molecule has 5 rings (SSSR count).